The Morgan fingerprint density at radius 2 is 1.79 bits per heavy atom. The Hall–Kier alpha value is -2.25. The molecule has 0 atom stereocenters. The highest BCUT2D eigenvalue weighted by molar-refractivity contribution is 5.91. The van der Waals surface area contributed by atoms with Crippen molar-refractivity contribution in [3.8, 4) is 5.75 Å². The van der Waals surface area contributed by atoms with Gasteiger partial charge < -0.3 is 14.8 Å². The highest BCUT2D eigenvalue weighted by atomic mass is 19.4. The highest BCUT2D eigenvalue weighted by Gasteiger charge is 2.27. The molecule has 0 saturated carbocycles. The Balaban J connectivity index is 2.38. The third kappa shape index (κ3) is 8.40. The van der Waals surface area contributed by atoms with Gasteiger partial charge in [-0.2, -0.15) is 13.2 Å². The number of carbonyl (C=O) groups excluding carboxylic acids is 2. The lowest BCUT2D eigenvalue weighted by atomic mass is 10.1. The molecule has 0 aliphatic heterocycles. The van der Waals surface area contributed by atoms with Crippen LogP contribution in [0.1, 0.15) is 30.6 Å². The lowest BCUT2D eigenvalue weighted by Crippen LogP contribution is -2.36. The smallest absolute Gasteiger partial charge is 0.405 e. The van der Waals surface area contributed by atoms with E-state index in [-0.39, 0.29) is 5.56 Å². The summed E-state index contributed by atoms with van der Waals surface area (Å²) >= 11 is 0. The molecular formula is C16H20F3NO4. The van der Waals surface area contributed by atoms with Crippen LogP contribution in [0.4, 0.5) is 13.2 Å². The maximum Gasteiger partial charge on any atom is 0.405 e. The molecule has 8 heteroatoms. The number of esters is 1. The third-order valence-electron chi connectivity index (χ3n) is 2.87. The van der Waals surface area contributed by atoms with Crippen LogP contribution in [0.3, 0.4) is 0 Å². The van der Waals surface area contributed by atoms with E-state index in [9.17, 15) is 22.8 Å². The van der Waals surface area contributed by atoms with Crippen molar-refractivity contribution < 1.29 is 32.2 Å². The quantitative estimate of drug-likeness (QED) is 0.735. The highest BCUT2D eigenvalue weighted by Crippen LogP contribution is 2.14. The molecule has 0 aliphatic carbocycles. The molecule has 0 heterocycles. The van der Waals surface area contributed by atoms with Gasteiger partial charge in [0.2, 0.25) is 0 Å². The van der Waals surface area contributed by atoms with Crippen molar-refractivity contribution in [3.05, 3.63) is 29.8 Å². The average molecular weight is 347 g/mol. The van der Waals surface area contributed by atoms with Gasteiger partial charge in [0.05, 0.1) is 12.2 Å². The van der Waals surface area contributed by atoms with Crippen molar-refractivity contribution in [1.82, 2.24) is 5.32 Å². The van der Waals surface area contributed by atoms with Crippen LogP contribution in [0, 0.1) is 5.92 Å². The first-order valence-corrected chi connectivity index (χ1v) is 7.41. The summed E-state index contributed by atoms with van der Waals surface area (Å²) < 4.78 is 45.9. The van der Waals surface area contributed by atoms with E-state index in [1.165, 1.54) is 12.1 Å². The fourth-order valence-corrected chi connectivity index (χ4v) is 1.56. The van der Waals surface area contributed by atoms with E-state index in [0.29, 0.717) is 18.3 Å². The largest absolute Gasteiger partial charge is 0.494 e. The van der Waals surface area contributed by atoms with Crippen LogP contribution >= 0.6 is 0 Å². The standard InChI is InChI=1S/C16H20F3NO4/c1-11(2)7-8-23-13-5-3-12(4-6-13)15(22)24-9-14(21)20-10-16(17,18)19/h3-6,11H,7-10H2,1-2H3,(H,20,21). The van der Waals surface area contributed by atoms with Gasteiger partial charge in [-0.15, -0.1) is 0 Å². The molecule has 0 aliphatic rings. The molecule has 0 bridgehead atoms. The lowest BCUT2D eigenvalue weighted by Gasteiger charge is -2.10. The summed E-state index contributed by atoms with van der Waals surface area (Å²) in [6, 6.07) is 6.09. The van der Waals surface area contributed by atoms with E-state index >= 15 is 0 Å². The summed E-state index contributed by atoms with van der Waals surface area (Å²) in [5.74, 6) is -0.710. The summed E-state index contributed by atoms with van der Waals surface area (Å²) in [7, 11) is 0. The van der Waals surface area contributed by atoms with Gasteiger partial charge in [-0.3, -0.25) is 4.79 Å². The van der Waals surface area contributed by atoms with Gasteiger partial charge in [0.15, 0.2) is 6.61 Å². The minimum absolute atomic E-state index is 0.176. The summed E-state index contributed by atoms with van der Waals surface area (Å²) in [6.07, 6.45) is -3.61. The molecule has 1 aromatic carbocycles. The topological polar surface area (TPSA) is 64.6 Å². The number of rotatable bonds is 8. The molecule has 0 spiro atoms. The minimum atomic E-state index is -4.51. The van der Waals surface area contributed by atoms with Gasteiger partial charge in [-0.1, -0.05) is 13.8 Å². The van der Waals surface area contributed by atoms with Crippen LogP contribution in [-0.4, -0.2) is 37.8 Å². The van der Waals surface area contributed by atoms with Crippen LogP contribution in [-0.2, 0) is 9.53 Å². The van der Waals surface area contributed by atoms with Crippen molar-refractivity contribution in [2.45, 2.75) is 26.4 Å². The van der Waals surface area contributed by atoms with Crippen molar-refractivity contribution in [1.29, 1.82) is 0 Å². The number of carbonyl (C=O) groups is 2. The van der Waals surface area contributed by atoms with E-state index in [0.717, 1.165) is 6.42 Å². The summed E-state index contributed by atoms with van der Waals surface area (Å²) in [4.78, 5) is 22.8. The number of nitrogens with one attached hydrogen (secondary N) is 1. The first kappa shape index (κ1) is 19.8. The van der Waals surface area contributed by atoms with E-state index in [2.05, 4.69) is 18.6 Å². The molecule has 134 valence electrons. The molecule has 0 aromatic heterocycles. The number of benzene rings is 1. The van der Waals surface area contributed by atoms with Crippen molar-refractivity contribution in [2.75, 3.05) is 19.8 Å². The normalized spacial score (nSPS) is 11.2. The molecule has 1 aromatic rings. The van der Waals surface area contributed by atoms with Crippen LogP contribution in [0.25, 0.3) is 0 Å². The molecule has 0 saturated heterocycles. The van der Waals surface area contributed by atoms with E-state index in [1.807, 2.05) is 0 Å². The average Bonchev–Trinajstić information content (AvgIpc) is 2.50. The molecular weight excluding hydrogens is 327 g/mol. The molecule has 1 N–H and O–H groups in total. The molecule has 0 fully saturated rings. The fourth-order valence-electron chi connectivity index (χ4n) is 1.56. The van der Waals surface area contributed by atoms with Crippen molar-refractivity contribution in [3.63, 3.8) is 0 Å². The zero-order chi connectivity index (χ0) is 18.2. The first-order chi connectivity index (χ1) is 11.2. The monoisotopic (exact) mass is 347 g/mol. The number of hydrogen-bond donors (Lipinski definition) is 1. The predicted octanol–water partition coefficient (Wildman–Crippen LogP) is 2.95. The van der Waals surface area contributed by atoms with Crippen LogP contribution in [0.2, 0.25) is 0 Å². The molecule has 24 heavy (non-hydrogen) atoms. The maximum absolute atomic E-state index is 11.9. The van der Waals surface area contributed by atoms with Gasteiger partial charge in [-0.05, 0) is 36.6 Å². The Kier molecular flexibility index (Phi) is 7.54. The Bertz CT molecular complexity index is 541. The van der Waals surface area contributed by atoms with Gasteiger partial charge >= 0.3 is 12.1 Å². The van der Waals surface area contributed by atoms with Crippen LogP contribution in [0.15, 0.2) is 24.3 Å². The van der Waals surface area contributed by atoms with E-state index < -0.39 is 31.2 Å². The molecule has 1 rings (SSSR count). The van der Waals surface area contributed by atoms with Crippen LogP contribution in [0.5, 0.6) is 5.75 Å². The van der Waals surface area contributed by atoms with E-state index in [4.69, 9.17) is 4.74 Å². The van der Waals surface area contributed by atoms with Gasteiger partial charge in [0.1, 0.15) is 12.3 Å². The zero-order valence-corrected chi connectivity index (χ0v) is 13.5. The summed E-state index contributed by atoms with van der Waals surface area (Å²) in [5, 5.41) is 1.61. The van der Waals surface area contributed by atoms with Gasteiger partial charge in [0, 0.05) is 0 Å². The first-order valence-electron chi connectivity index (χ1n) is 7.41. The number of hydrogen-bond acceptors (Lipinski definition) is 4. The number of alkyl halides is 3. The molecule has 0 radical (unpaired) electrons. The molecule has 0 unspecified atom stereocenters. The lowest BCUT2D eigenvalue weighted by molar-refractivity contribution is -0.140. The number of amides is 1. The fraction of sp³-hybridized carbons (Fsp3) is 0.500. The summed E-state index contributed by atoms with van der Waals surface area (Å²) in [6.45, 7) is 2.47. The van der Waals surface area contributed by atoms with Crippen molar-refractivity contribution in [2.24, 2.45) is 5.92 Å². The third-order valence-corrected chi connectivity index (χ3v) is 2.87. The Morgan fingerprint density at radius 1 is 1.17 bits per heavy atom. The Morgan fingerprint density at radius 3 is 2.33 bits per heavy atom. The second-order valence-electron chi connectivity index (χ2n) is 5.52. The van der Waals surface area contributed by atoms with Crippen LogP contribution < -0.4 is 10.1 Å². The predicted molar refractivity (Wildman–Crippen MR) is 80.7 cm³/mol. The summed E-state index contributed by atoms with van der Waals surface area (Å²) in [5.41, 5.74) is 0.176. The zero-order valence-electron chi connectivity index (χ0n) is 13.5. The number of ether oxygens (including phenoxy) is 2. The van der Waals surface area contributed by atoms with E-state index in [1.54, 1.807) is 17.4 Å². The molecule has 1 amide bonds. The Labute approximate surface area is 138 Å². The SMILES string of the molecule is CC(C)CCOc1ccc(C(=O)OCC(=O)NCC(F)(F)F)cc1. The van der Waals surface area contributed by atoms with Gasteiger partial charge in [-0.25, -0.2) is 4.79 Å². The maximum atomic E-state index is 11.9. The van der Waals surface area contributed by atoms with Crippen molar-refractivity contribution >= 4 is 11.9 Å². The second-order valence-corrected chi connectivity index (χ2v) is 5.52. The number of halogens is 3. The minimum Gasteiger partial charge on any atom is -0.494 e. The van der Waals surface area contributed by atoms with Gasteiger partial charge in [0.25, 0.3) is 5.91 Å². The second kappa shape index (κ2) is 9.14. The molecule has 5 nitrogen and oxygen atoms in total.